The van der Waals surface area contributed by atoms with Crippen molar-refractivity contribution in [2.24, 2.45) is 5.92 Å². The van der Waals surface area contributed by atoms with Crippen molar-refractivity contribution in [1.29, 1.82) is 0 Å². The van der Waals surface area contributed by atoms with Gasteiger partial charge in [-0.15, -0.1) is 0 Å². The highest BCUT2D eigenvalue weighted by Crippen LogP contribution is 2.29. The summed E-state index contributed by atoms with van der Waals surface area (Å²) < 4.78 is 24.7. The first kappa shape index (κ1) is 18.2. The minimum absolute atomic E-state index is 0.00621. The molecule has 0 aliphatic heterocycles. The summed E-state index contributed by atoms with van der Waals surface area (Å²) in [5, 5.41) is 3.09. The second kappa shape index (κ2) is 8.18. The Morgan fingerprint density at radius 2 is 1.69 bits per heavy atom. The molecule has 136 valence electrons. The summed E-state index contributed by atoms with van der Waals surface area (Å²) in [5.41, 5.74) is 6.39. The third kappa shape index (κ3) is 4.95. The molecule has 0 spiro atoms. The number of nitrogens with one attached hydrogen (secondary N) is 3. The lowest BCUT2D eigenvalue weighted by atomic mass is 10.1. The molecule has 3 N–H and O–H groups in total. The highest BCUT2D eigenvalue weighted by atomic mass is 32.2. The maximum Gasteiger partial charge on any atom is 0.288 e. The number of alkyl halides is 2. The SMILES string of the molecule is O=C(NNC(=O)C1CC1)c1ccccc1Nc1ccc(SC(F)F)cc1. The van der Waals surface area contributed by atoms with Gasteiger partial charge in [-0.3, -0.25) is 20.4 Å². The molecule has 0 bridgehead atoms. The van der Waals surface area contributed by atoms with Gasteiger partial charge < -0.3 is 5.32 Å². The van der Waals surface area contributed by atoms with Crippen LogP contribution in [0.3, 0.4) is 0 Å². The van der Waals surface area contributed by atoms with Crippen LogP contribution < -0.4 is 16.2 Å². The quantitative estimate of drug-likeness (QED) is 0.527. The van der Waals surface area contributed by atoms with Crippen molar-refractivity contribution in [1.82, 2.24) is 10.9 Å². The number of hydrogen-bond donors (Lipinski definition) is 3. The van der Waals surface area contributed by atoms with Crippen LogP contribution in [0.25, 0.3) is 0 Å². The Bertz CT molecular complexity index is 795. The molecule has 0 radical (unpaired) electrons. The van der Waals surface area contributed by atoms with Gasteiger partial charge in [0.1, 0.15) is 0 Å². The van der Waals surface area contributed by atoms with Crippen LogP contribution in [0.15, 0.2) is 53.4 Å². The first-order valence-electron chi connectivity index (χ1n) is 8.04. The molecular weight excluding hydrogens is 360 g/mol. The van der Waals surface area contributed by atoms with Crippen molar-refractivity contribution in [2.75, 3.05) is 5.32 Å². The molecule has 2 amide bonds. The zero-order valence-electron chi connectivity index (χ0n) is 13.7. The van der Waals surface area contributed by atoms with E-state index in [4.69, 9.17) is 0 Å². The molecule has 5 nitrogen and oxygen atoms in total. The van der Waals surface area contributed by atoms with Gasteiger partial charge in [-0.1, -0.05) is 23.9 Å². The molecule has 0 saturated heterocycles. The van der Waals surface area contributed by atoms with Gasteiger partial charge in [-0.05, 0) is 49.2 Å². The van der Waals surface area contributed by atoms with Crippen molar-refractivity contribution in [3.63, 3.8) is 0 Å². The summed E-state index contributed by atoms with van der Waals surface area (Å²) in [5.74, 6) is -3.10. The van der Waals surface area contributed by atoms with E-state index in [1.54, 1.807) is 48.5 Å². The van der Waals surface area contributed by atoms with Crippen LogP contribution in [0.5, 0.6) is 0 Å². The van der Waals surface area contributed by atoms with Crippen molar-refractivity contribution < 1.29 is 18.4 Å². The number of amides is 2. The fraction of sp³-hybridized carbons (Fsp3) is 0.222. The molecule has 0 aromatic heterocycles. The predicted molar refractivity (Wildman–Crippen MR) is 96.4 cm³/mol. The molecule has 1 saturated carbocycles. The van der Waals surface area contributed by atoms with Gasteiger partial charge in [-0.2, -0.15) is 8.78 Å². The molecule has 8 heteroatoms. The van der Waals surface area contributed by atoms with Crippen LogP contribution in [-0.2, 0) is 4.79 Å². The molecule has 26 heavy (non-hydrogen) atoms. The van der Waals surface area contributed by atoms with E-state index in [1.165, 1.54) is 0 Å². The second-order valence-corrected chi connectivity index (χ2v) is 6.85. The lowest BCUT2D eigenvalue weighted by Crippen LogP contribution is -2.42. The molecule has 2 aromatic rings. The summed E-state index contributed by atoms with van der Waals surface area (Å²) in [6.07, 6.45) is 1.69. The largest absolute Gasteiger partial charge is 0.355 e. The average molecular weight is 377 g/mol. The third-order valence-electron chi connectivity index (χ3n) is 3.78. The maximum absolute atomic E-state index is 12.4. The van der Waals surface area contributed by atoms with Crippen LogP contribution >= 0.6 is 11.8 Å². The average Bonchev–Trinajstić information content (AvgIpc) is 3.46. The van der Waals surface area contributed by atoms with Gasteiger partial charge in [0.2, 0.25) is 5.91 Å². The van der Waals surface area contributed by atoms with Crippen LogP contribution in [0.1, 0.15) is 23.2 Å². The summed E-state index contributed by atoms with van der Waals surface area (Å²) >= 11 is 0.473. The lowest BCUT2D eigenvalue weighted by molar-refractivity contribution is -0.123. The van der Waals surface area contributed by atoms with Gasteiger partial charge >= 0.3 is 0 Å². The molecule has 1 aliphatic rings. The van der Waals surface area contributed by atoms with Gasteiger partial charge in [0.05, 0.1) is 11.3 Å². The number of carbonyl (C=O) groups is 2. The molecule has 1 fully saturated rings. The number of thioether (sulfide) groups is 1. The Balaban J connectivity index is 1.66. The Morgan fingerprint density at radius 3 is 2.35 bits per heavy atom. The van der Waals surface area contributed by atoms with E-state index in [1.807, 2.05) is 0 Å². The standard InChI is InChI=1S/C18H17F2N3O2S/c19-18(20)26-13-9-7-12(8-10-13)21-15-4-2-1-3-14(15)17(25)23-22-16(24)11-5-6-11/h1-4,7-11,18,21H,5-6H2,(H,22,24)(H,23,25). The smallest absolute Gasteiger partial charge is 0.288 e. The topological polar surface area (TPSA) is 70.2 Å². The number of anilines is 2. The highest BCUT2D eigenvalue weighted by Gasteiger charge is 2.29. The number of halogens is 2. The Labute approximate surface area is 153 Å². The summed E-state index contributed by atoms with van der Waals surface area (Å²) in [7, 11) is 0. The predicted octanol–water partition coefficient (Wildman–Crippen LogP) is 3.92. The number of para-hydroxylation sites is 1. The minimum atomic E-state index is -2.47. The Kier molecular flexibility index (Phi) is 5.72. The fourth-order valence-corrected chi connectivity index (χ4v) is 2.80. The van der Waals surface area contributed by atoms with E-state index in [-0.39, 0.29) is 11.8 Å². The lowest BCUT2D eigenvalue weighted by Gasteiger charge is -2.13. The van der Waals surface area contributed by atoms with Crippen LogP contribution in [-0.4, -0.2) is 17.6 Å². The molecule has 2 aromatic carbocycles. The highest BCUT2D eigenvalue weighted by molar-refractivity contribution is 7.99. The minimum Gasteiger partial charge on any atom is -0.355 e. The Morgan fingerprint density at radius 1 is 1.00 bits per heavy atom. The molecule has 0 heterocycles. The van der Waals surface area contributed by atoms with E-state index >= 15 is 0 Å². The van der Waals surface area contributed by atoms with Gasteiger partial charge in [0, 0.05) is 16.5 Å². The third-order valence-corrected chi connectivity index (χ3v) is 4.50. The number of hydrogen-bond acceptors (Lipinski definition) is 4. The zero-order chi connectivity index (χ0) is 18.5. The zero-order valence-corrected chi connectivity index (χ0v) is 14.5. The summed E-state index contributed by atoms with van der Waals surface area (Å²) in [6, 6.07) is 13.3. The van der Waals surface area contributed by atoms with Gasteiger partial charge in [0.15, 0.2) is 0 Å². The molecule has 3 rings (SSSR count). The molecule has 0 atom stereocenters. The van der Waals surface area contributed by atoms with Crippen LogP contribution in [0.4, 0.5) is 20.2 Å². The number of rotatable bonds is 6. The van der Waals surface area contributed by atoms with Gasteiger partial charge in [0.25, 0.3) is 11.7 Å². The molecular formula is C18H17F2N3O2S. The van der Waals surface area contributed by atoms with E-state index in [2.05, 4.69) is 16.2 Å². The summed E-state index contributed by atoms with van der Waals surface area (Å²) in [6.45, 7) is 0. The second-order valence-electron chi connectivity index (χ2n) is 5.79. The number of carbonyl (C=O) groups excluding carboxylic acids is 2. The van der Waals surface area contributed by atoms with E-state index in [0.29, 0.717) is 33.6 Å². The number of benzene rings is 2. The Hall–Kier alpha value is -2.61. The van der Waals surface area contributed by atoms with E-state index < -0.39 is 11.7 Å². The monoisotopic (exact) mass is 377 g/mol. The number of hydrazine groups is 1. The maximum atomic E-state index is 12.4. The van der Waals surface area contributed by atoms with Crippen molar-refractivity contribution in [3.8, 4) is 0 Å². The molecule has 1 aliphatic carbocycles. The molecule has 0 unspecified atom stereocenters. The van der Waals surface area contributed by atoms with Crippen molar-refractivity contribution in [2.45, 2.75) is 23.5 Å². The van der Waals surface area contributed by atoms with E-state index in [0.717, 1.165) is 12.8 Å². The van der Waals surface area contributed by atoms with Crippen molar-refractivity contribution in [3.05, 3.63) is 54.1 Å². The van der Waals surface area contributed by atoms with E-state index in [9.17, 15) is 18.4 Å². The first-order chi connectivity index (χ1) is 12.5. The van der Waals surface area contributed by atoms with Crippen LogP contribution in [0.2, 0.25) is 0 Å². The first-order valence-corrected chi connectivity index (χ1v) is 8.92. The normalized spacial score (nSPS) is 13.3. The summed E-state index contributed by atoms with van der Waals surface area (Å²) in [4.78, 5) is 24.4. The van der Waals surface area contributed by atoms with Gasteiger partial charge in [-0.25, -0.2) is 0 Å². The fourth-order valence-electron chi connectivity index (χ4n) is 2.30. The van der Waals surface area contributed by atoms with Crippen molar-refractivity contribution >= 4 is 35.0 Å². The van der Waals surface area contributed by atoms with Crippen LogP contribution in [0, 0.1) is 5.92 Å².